The van der Waals surface area contributed by atoms with Gasteiger partial charge in [0.1, 0.15) is 4.88 Å². The molecule has 0 atom stereocenters. The molecule has 82 valence electrons. The molecular formula is C11H9NO3S. The number of ether oxygens (including phenoxy) is 1. The average molecular weight is 235 g/mol. The summed E-state index contributed by atoms with van der Waals surface area (Å²) in [5, 5.41) is 10.7. The Morgan fingerprint density at radius 1 is 1.44 bits per heavy atom. The third-order valence-corrected chi connectivity index (χ3v) is 3.02. The second-order valence-electron chi connectivity index (χ2n) is 3.06. The van der Waals surface area contributed by atoms with E-state index in [2.05, 4.69) is 4.98 Å². The second kappa shape index (κ2) is 4.32. The number of aromatic nitrogens is 1. The number of hydrogen-bond donors (Lipinski definition) is 1. The van der Waals surface area contributed by atoms with Gasteiger partial charge in [-0.15, -0.1) is 11.3 Å². The standard InChI is InChI=1S/C11H9NO3S/c1-15-9-3-2-7(6-12-9)8-4-5-16-10(8)11(13)14/h2-6H,1H3,(H,13,14). The molecule has 5 heteroatoms. The first kappa shape index (κ1) is 10.6. The van der Waals surface area contributed by atoms with Crippen molar-refractivity contribution in [3.05, 3.63) is 34.7 Å². The number of rotatable bonds is 3. The van der Waals surface area contributed by atoms with E-state index in [1.165, 1.54) is 18.4 Å². The molecule has 0 saturated carbocycles. The van der Waals surface area contributed by atoms with E-state index in [9.17, 15) is 4.79 Å². The van der Waals surface area contributed by atoms with E-state index in [1.54, 1.807) is 29.8 Å². The van der Waals surface area contributed by atoms with Gasteiger partial charge in [0.15, 0.2) is 0 Å². The first-order valence-corrected chi connectivity index (χ1v) is 5.41. The predicted octanol–water partition coefficient (Wildman–Crippen LogP) is 2.52. The summed E-state index contributed by atoms with van der Waals surface area (Å²) in [6.07, 6.45) is 1.60. The third-order valence-electron chi connectivity index (χ3n) is 2.12. The summed E-state index contributed by atoms with van der Waals surface area (Å²) in [6.45, 7) is 0. The van der Waals surface area contributed by atoms with Crippen LogP contribution in [0, 0.1) is 0 Å². The molecule has 0 aliphatic carbocycles. The van der Waals surface area contributed by atoms with Gasteiger partial charge in [-0.1, -0.05) is 0 Å². The van der Waals surface area contributed by atoms with Crippen molar-refractivity contribution in [2.24, 2.45) is 0 Å². The van der Waals surface area contributed by atoms with Crippen molar-refractivity contribution in [2.45, 2.75) is 0 Å². The molecule has 0 aromatic carbocycles. The SMILES string of the molecule is COc1ccc(-c2ccsc2C(=O)O)cn1. The summed E-state index contributed by atoms with van der Waals surface area (Å²) in [6, 6.07) is 5.27. The highest BCUT2D eigenvalue weighted by molar-refractivity contribution is 7.12. The highest BCUT2D eigenvalue weighted by Crippen LogP contribution is 2.28. The Kier molecular flexibility index (Phi) is 2.87. The Morgan fingerprint density at radius 2 is 2.25 bits per heavy atom. The highest BCUT2D eigenvalue weighted by Gasteiger charge is 2.13. The summed E-state index contributed by atoms with van der Waals surface area (Å²) < 4.78 is 4.94. The van der Waals surface area contributed by atoms with Crippen molar-refractivity contribution in [3.63, 3.8) is 0 Å². The summed E-state index contributed by atoms with van der Waals surface area (Å²) >= 11 is 1.20. The molecule has 4 nitrogen and oxygen atoms in total. The van der Waals surface area contributed by atoms with Crippen molar-refractivity contribution in [2.75, 3.05) is 7.11 Å². The van der Waals surface area contributed by atoms with E-state index >= 15 is 0 Å². The van der Waals surface area contributed by atoms with Gasteiger partial charge in [0.2, 0.25) is 5.88 Å². The van der Waals surface area contributed by atoms with Crippen LogP contribution in [0.25, 0.3) is 11.1 Å². The maximum absolute atomic E-state index is 10.9. The third kappa shape index (κ3) is 1.90. The zero-order valence-electron chi connectivity index (χ0n) is 8.51. The van der Waals surface area contributed by atoms with Crippen molar-refractivity contribution >= 4 is 17.3 Å². The minimum absolute atomic E-state index is 0.326. The van der Waals surface area contributed by atoms with Crippen molar-refractivity contribution in [1.82, 2.24) is 4.98 Å². The molecule has 2 rings (SSSR count). The van der Waals surface area contributed by atoms with Crippen LogP contribution in [0.5, 0.6) is 5.88 Å². The van der Waals surface area contributed by atoms with Crippen LogP contribution in [0.3, 0.4) is 0 Å². The maximum atomic E-state index is 10.9. The smallest absolute Gasteiger partial charge is 0.346 e. The van der Waals surface area contributed by atoms with Crippen LogP contribution in [0.1, 0.15) is 9.67 Å². The molecule has 2 aromatic heterocycles. The summed E-state index contributed by atoms with van der Waals surface area (Å²) in [5.74, 6) is -0.406. The summed E-state index contributed by atoms with van der Waals surface area (Å²) in [5.41, 5.74) is 1.46. The number of aromatic carboxylic acids is 1. The number of carboxylic acid groups (broad SMARTS) is 1. The number of carbonyl (C=O) groups is 1. The number of nitrogens with zero attached hydrogens (tertiary/aromatic N) is 1. The summed E-state index contributed by atoms with van der Waals surface area (Å²) in [4.78, 5) is 15.3. The minimum atomic E-state index is -0.916. The first-order valence-electron chi connectivity index (χ1n) is 4.53. The fourth-order valence-corrected chi connectivity index (χ4v) is 2.12. The average Bonchev–Trinajstić information content (AvgIpc) is 2.78. The normalized spacial score (nSPS) is 10.1. The molecule has 0 amide bonds. The topological polar surface area (TPSA) is 59.4 Å². The Labute approximate surface area is 96.1 Å². The van der Waals surface area contributed by atoms with Crippen LogP contribution in [-0.4, -0.2) is 23.2 Å². The molecule has 2 heterocycles. The van der Waals surface area contributed by atoms with E-state index in [-0.39, 0.29) is 0 Å². The number of carboxylic acids is 1. The van der Waals surface area contributed by atoms with Gasteiger partial charge in [-0.05, 0) is 17.5 Å². The lowest BCUT2D eigenvalue weighted by Gasteiger charge is -2.01. The van der Waals surface area contributed by atoms with Crippen LogP contribution in [0.2, 0.25) is 0 Å². The van der Waals surface area contributed by atoms with Crippen molar-refractivity contribution < 1.29 is 14.6 Å². The molecule has 16 heavy (non-hydrogen) atoms. The minimum Gasteiger partial charge on any atom is -0.481 e. The fraction of sp³-hybridized carbons (Fsp3) is 0.0909. The molecular weight excluding hydrogens is 226 g/mol. The zero-order chi connectivity index (χ0) is 11.5. The Balaban J connectivity index is 2.42. The van der Waals surface area contributed by atoms with Crippen LogP contribution >= 0.6 is 11.3 Å². The number of pyridine rings is 1. The van der Waals surface area contributed by atoms with Gasteiger partial charge in [0, 0.05) is 23.4 Å². The molecule has 2 aromatic rings. The van der Waals surface area contributed by atoms with Crippen LogP contribution in [0.4, 0.5) is 0 Å². The molecule has 0 radical (unpaired) electrons. The Morgan fingerprint density at radius 3 is 2.81 bits per heavy atom. The molecule has 1 N–H and O–H groups in total. The number of hydrogen-bond acceptors (Lipinski definition) is 4. The monoisotopic (exact) mass is 235 g/mol. The van der Waals surface area contributed by atoms with Crippen LogP contribution in [-0.2, 0) is 0 Å². The Hall–Kier alpha value is -1.88. The molecule has 0 unspecified atom stereocenters. The van der Waals surface area contributed by atoms with E-state index in [1.807, 2.05) is 0 Å². The number of thiophene rings is 1. The van der Waals surface area contributed by atoms with Crippen LogP contribution < -0.4 is 4.74 Å². The van der Waals surface area contributed by atoms with E-state index in [0.29, 0.717) is 16.3 Å². The van der Waals surface area contributed by atoms with Crippen LogP contribution in [0.15, 0.2) is 29.8 Å². The molecule has 0 bridgehead atoms. The lowest BCUT2D eigenvalue weighted by atomic mass is 10.1. The van der Waals surface area contributed by atoms with Gasteiger partial charge in [0.05, 0.1) is 7.11 Å². The highest BCUT2D eigenvalue weighted by atomic mass is 32.1. The van der Waals surface area contributed by atoms with E-state index < -0.39 is 5.97 Å². The molecule has 0 aliphatic heterocycles. The lowest BCUT2D eigenvalue weighted by molar-refractivity contribution is 0.0703. The second-order valence-corrected chi connectivity index (χ2v) is 3.97. The summed E-state index contributed by atoms with van der Waals surface area (Å²) in [7, 11) is 1.54. The van der Waals surface area contributed by atoms with Gasteiger partial charge in [-0.2, -0.15) is 0 Å². The van der Waals surface area contributed by atoms with Gasteiger partial charge in [0.25, 0.3) is 0 Å². The van der Waals surface area contributed by atoms with Gasteiger partial charge >= 0.3 is 5.97 Å². The van der Waals surface area contributed by atoms with Gasteiger partial charge in [-0.25, -0.2) is 9.78 Å². The Bertz CT molecular complexity index is 504. The van der Waals surface area contributed by atoms with Gasteiger partial charge in [-0.3, -0.25) is 0 Å². The maximum Gasteiger partial charge on any atom is 0.346 e. The lowest BCUT2D eigenvalue weighted by Crippen LogP contribution is -1.95. The van der Waals surface area contributed by atoms with E-state index in [4.69, 9.17) is 9.84 Å². The zero-order valence-corrected chi connectivity index (χ0v) is 9.32. The quantitative estimate of drug-likeness (QED) is 0.888. The van der Waals surface area contributed by atoms with E-state index in [0.717, 1.165) is 5.56 Å². The predicted molar refractivity (Wildman–Crippen MR) is 61.1 cm³/mol. The molecule has 0 fully saturated rings. The van der Waals surface area contributed by atoms with Crippen molar-refractivity contribution in [1.29, 1.82) is 0 Å². The number of methoxy groups -OCH3 is 1. The van der Waals surface area contributed by atoms with Gasteiger partial charge < -0.3 is 9.84 Å². The molecule has 0 saturated heterocycles. The largest absolute Gasteiger partial charge is 0.481 e. The molecule has 0 spiro atoms. The first-order chi connectivity index (χ1) is 7.72. The van der Waals surface area contributed by atoms with Crippen molar-refractivity contribution in [3.8, 4) is 17.0 Å². The fourth-order valence-electron chi connectivity index (χ4n) is 1.36. The molecule has 0 aliphatic rings.